The van der Waals surface area contributed by atoms with Gasteiger partial charge in [-0.1, -0.05) is 18.2 Å². The highest BCUT2D eigenvalue weighted by Crippen LogP contribution is 2.28. The van der Waals surface area contributed by atoms with Crippen molar-refractivity contribution in [2.24, 2.45) is 5.92 Å². The molecule has 0 saturated carbocycles. The highest BCUT2D eigenvalue weighted by Gasteiger charge is 2.35. The lowest BCUT2D eigenvalue weighted by atomic mass is 9.91. The summed E-state index contributed by atoms with van der Waals surface area (Å²) in [6.45, 7) is 0.767. The van der Waals surface area contributed by atoms with Crippen molar-refractivity contribution in [3.63, 3.8) is 0 Å². The molecule has 0 aromatic heterocycles. The monoisotopic (exact) mass is 299 g/mol. The third kappa shape index (κ3) is 3.47. The van der Waals surface area contributed by atoms with Crippen LogP contribution in [0.5, 0.6) is 0 Å². The van der Waals surface area contributed by atoms with Gasteiger partial charge in [0.25, 0.3) is 0 Å². The molecule has 1 fully saturated rings. The van der Waals surface area contributed by atoms with E-state index in [1.165, 1.54) is 0 Å². The molecule has 0 spiro atoms. The van der Waals surface area contributed by atoms with E-state index in [9.17, 15) is 8.42 Å². The van der Waals surface area contributed by atoms with Gasteiger partial charge in [-0.2, -0.15) is 5.26 Å². The molecule has 2 rings (SSSR count). The van der Waals surface area contributed by atoms with Crippen molar-refractivity contribution >= 4 is 19.7 Å². The first-order valence-electron chi connectivity index (χ1n) is 6.01. The predicted molar refractivity (Wildman–Crippen MR) is 72.3 cm³/mol. The summed E-state index contributed by atoms with van der Waals surface area (Å²) in [5.41, 5.74) is 1.41. The van der Waals surface area contributed by atoms with Crippen LogP contribution in [0.1, 0.15) is 17.5 Å². The summed E-state index contributed by atoms with van der Waals surface area (Å²) in [5, 5.41) is 8.45. The average Bonchev–Trinajstić information content (AvgIpc) is 2.39. The van der Waals surface area contributed by atoms with Gasteiger partial charge in [-0.15, -0.1) is 0 Å². The van der Waals surface area contributed by atoms with Gasteiger partial charge in [0.15, 0.2) is 0 Å². The van der Waals surface area contributed by atoms with E-state index in [1.807, 2.05) is 12.1 Å². The number of ether oxygens (including phenoxy) is 1. The first-order valence-corrected chi connectivity index (χ1v) is 8.39. The molecule has 19 heavy (non-hydrogen) atoms. The Balaban J connectivity index is 2.23. The first kappa shape index (κ1) is 14.3. The van der Waals surface area contributed by atoms with Crippen molar-refractivity contribution in [2.75, 3.05) is 13.2 Å². The number of nitriles is 1. The van der Waals surface area contributed by atoms with Crippen molar-refractivity contribution in [3.8, 4) is 6.07 Å². The number of rotatable bonds is 3. The van der Waals surface area contributed by atoms with Gasteiger partial charge in [-0.25, -0.2) is 8.42 Å². The molecule has 1 aromatic rings. The summed E-state index contributed by atoms with van der Waals surface area (Å²) in [7, 11) is 1.89. The number of hydrogen-bond acceptors (Lipinski definition) is 4. The fraction of sp³-hybridized carbons (Fsp3) is 0.462. The van der Waals surface area contributed by atoms with Crippen LogP contribution in [0, 0.1) is 17.2 Å². The van der Waals surface area contributed by atoms with Gasteiger partial charge in [-0.05, 0) is 24.5 Å². The summed E-state index contributed by atoms with van der Waals surface area (Å²) in [5.74, 6) is -0.203. The van der Waals surface area contributed by atoms with Gasteiger partial charge in [0.05, 0.1) is 23.5 Å². The minimum atomic E-state index is -3.61. The van der Waals surface area contributed by atoms with Crippen molar-refractivity contribution in [1.29, 1.82) is 5.26 Å². The fourth-order valence-electron chi connectivity index (χ4n) is 2.43. The fourth-order valence-corrected chi connectivity index (χ4v) is 4.14. The number of nitrogens with zero attached hydrogens (tertiary/aromatic N) is 1. The molecule has 6 heteroatoms. The van der Waals surface area contributed by atoms with Gasteiger partial charge in [0.2, 0.25) is 9.05 Å². The highest BCUT2D eigenvalue weighted by atomic mass is 35.7. The Hall–Kier alpha value is -1.09. The summed E-state index contributed by atoms with van der Waals surface area (Å²) in [4.78, 5) is 0. The molecule has 0 N–H and O–H groups in total. The van der Waals surface area contributed by atoms with E-state index in [-0.39, 0.29) is 5.92 Å². The van der Waals surface area contributed by atoms with Crippen LogP contribution in [0.25, 0.3) is 0 Å². The van der Waals surface area contributed by atoms with Gasteiger partial charge in [0, 0.05) is 23.2 Å². The molecule has 0 aliphatic carbocycles. The third-order valence-electron chi connectivity index (χ3n) is 3.39. The zero-order valence-electron chi connectivity index (χ0n) is 10.3. The van der Waals surface area contributed by atoms with E-state index in [0.29, 0.717) is 31.6 Å². The lowest BCUT2D eigenvalue weighted by Crippen LogP contribution is -2.37. The van der Waals surface area contributed by atoms with Crippen molar-refractivity contribution in [1.82, 2.24) is 0 Å². The lowest BCUT2D eigenvalue weighted by Gasteiger charge is -2.29. The molecule has 0 unspecified atom stereocenters. The predicted octanol–water partition coefficient (Wildman–Crippen LogP) is 2.07. The second-order valence-corrected chi connectivity index (χ2v) is 7.46. The first-order chi connectivity index (χ1) is 9.02. The molecular formula is C13H14ClNO3S. The molecule has 0 amide bonds. The second-order valence-electron chi connectivity index (χ2n) is 4.61. The number of hydrogen-bond donors (Lipinski definition) is 0. The Morgan fingerprint density at radius 1 is 1.42 bits per heavy atom. The average molecular weight is 300 g/mol. The Morgan fingerprint density at radius 3 is 2.84 bits per heavy atom. The van der Waals surface area contributed by atoms with Gasteiger partial charge >= 0.3 is 0 Å². The molecule has 0 bridgehead atoms. The summed E-state index contributed by atoms with van der Waals surface area (Å²) < 4.78 is 28.5. The molecule has 1 aromatic carbocycles. The maximum atomic E-state index is 11.6. The van der Waals surface area contributed by atoms with E-state index in [0.717, 1.165) is 5.56 Å². The molecule has 102 valence electrons. The molecular weight excluding hydrogens is 286 g/mol. The maximum Gasteiger partial charge on any atom is 0.235 e. The Labute approximate surface area is 117 Å². The zero-order chi connectivity index (χ0) is 13.9. The standard InChI is InChI=1S/C13H14ClNO3S/c14-19(16,17)13-5-6-18-9-12(13)7-10-3-1-2-4-11(10)8-15/h1-4,12-13H,5-7,9H2/t12-,13+/m0/s1. The Morgan fingerprint density at radius 2 is 2.16 bits per heavy atom. The molecule has 4 nitrogen and oxygen atoms in total. The molecule has 1 aliphatic rings. The van der Waals surface area contributed by atoms with Crippen LogP contribution < -0.4 is 0 Å². The molecule has 0 radical (unpaired) electrons. The van der Waals surface area contributed by atoms with Crippen molar-refractivity contribution < 1.29 is 13.2 Å². The van der Waals surface area contributed by atoms with Crippen LogP contribution in [0.3, 0.4) is 0 Å². The summed E-state index contributed by atoms with van der Waals surface area (Å²) >= 11 is 0. The molecule has 1 heterocycles. The van der Waals surface area contributed by atoms with E-state index in [4.69, 9.17) is 20.7 Å². The van der Waals surface area contributed by atoms with E-state index < -0.39 is 14.3 Å². The van der Waals surface area contributed by atoms with Crippen LogP contribution in [-0.2, 0) is 20.2 Å². The molecule has 1 aliphatic heterocycles. The Bertz CT molecular complexity index is 594. The number of benzene rings is 1. The topological polar surface area (TPSA) is 67.2 Å². The van der Waals surface area contributed by atoms with E-state index in [2.05, 4.69) is 6.07 Å². The lowest BCUT2D eigenvalue weighted by molar-refractivity contribution is 0.0577. The van der Waals surface area contributed by atoms with Crippen molar-refractivity contribution in [2.45, 2.75) is 18.1 Å². The minimum absolute atomic E-state index is 0.203. The quantitative estimate of drug-likeness (QED) is 0.801. The van der Waals surface area contributed by atoms with Gasteiger partial charge in [-0.3, -0.25) is 0 Å². The van der Waals surface area contributed by atoms with E-state index in [1.54, 1.807) is 12.1 Å². The highest BCUT2D eigenvalue weighted by molar-refractivity contribution is 8.14. The SMILES string of the molecule is N#Cc1ccccc1C[C@H]1COCC[C@H]1S(=O)(=O)Cl. The van der Waals surface area contributed by atoms with Crippen LogP contribution in [-0.4, -0.2) is 26.9 Å². The number of halogens is 1. The largest absolute Gasteiger partial charge is 0.381 e. The minimum Gasteiger partial charge on any atom is -0.381 e. The van der Waals surface area contributed by atoms with Crippen molar-refractivity contribution in [3.05, 3.63) is 35.4 Å². The van der Waals surface area contributed by atoms with Gasteiger partial charge in [0.1, 0.15) is 0 Å². The van der Waals surface area contributed by atoms with Crippen LogP contribution in [0.2, 0.25) is 0 Å². The smallest absolute Gasteiger partial charge is 0.235 e. The molecule has 2 atom stereocenters. The Kier molecular flexibility index (Phi) is 4.46. The maximum absolute atomic E-state index is 11.6. The van der Waals surface area contributed by atoms with Crippen LogP contribution in [0.4, 0.5) is 0 Å². The molecule has 1 saturated heterocycles. The van der Waals surface area contributed by atoms with E-state index >= 15 is 0 Å². The van der Waals surface area contributed by atoms with Crippen LogP contribution >= 0.6 is 10.7 Å². The zero-order valence-corrected chi connectivity index (χ0v) is 11.8. The summed E-state index contributed by atoms with van der Waals surface area (Å²) in [6, 6.07) is 9.30. The third-order valence-corrected chi connectivity index (χ3v) is 5.42. The van der Waals surface area contributed by atoms with Crippen LogP contribution in [0.15, 0.2) is 24.3 Å². The second kappa shape index (κ2) is 5.91. The normalized spacial score (nSPS) is 23.8. The summed E-state index contributed by atoms with van der Waals surface area (Å²) in [6.07, 6.45) is 0.894. The van der Waals surface area contributed by atoms with Gasteiger partial charge < -0.3 is 4.74 Å².